The molecule has 2 rings (SSSR count). The molecule has 0 fully saturated rings. The molecule has 0 saturated carbocycles. The van der Waals surface area contributed by atoms with Gasteiger partial charge < -0.3 is 9.88 Å². The van der Waals surface area contributed by atoms with Crippen molar-refractivity contribution in [1.82, 2.24) is 14.9 Å². The molecule has 21 heavy (non-hydrogen) atoms. The van der Waals surface area contributed by atoms with E-state index >= 15 is 0 Å². The summed E-state index contributed by atoms with van der Waals surface area (Å²) in [6, 6.07) is 8.53. The highest BCUT2D eigenvalue weighted by molar-refractivity contribution is 7.80. The van der Waals surface area contributed by atoms with Gasteiger partial charge in [-0.15, -0.1) is 0 Å². The summed E-state index contributed by atoms with van der Waals surface area (Å²) >= 11 is 5.44. The van der Waals surface area contributed by atoms with Crippen molar-refractivity contribution in [3.8, 4) is 0 Å². The Morgan fingerprint density at radius 3 is 2.52 bits per heavy atom. The third-order valence-corrected chi connectivity index (χ3v) is 3.83. The molecular weight excluding hydrogens is 278 g/mol. The minimum absolute atomic E-state index is 0.179. The second-order valence-electron chi connectivity index (χ2n) is 6.24. The smallest absolute Gasteiger partial charge is 0.106 e. The lowest BCUT2D eigenvalue weighted by molar-refractivity contribution is 0.590. The number of hydrogen-bond donors (Lipinski definition) is 1. The molecule has 4 heteroatoms. The zero-order valence-corrected chi connectivity index (χ0v) is 13.8. The maximum absolute atomic E-state index is 5.44. The number of thiocarbonyl (C=S) groups is 1. The lowest BCUT2D eigenvalue weighted by Gasteiger charge is -2.19. The molecule has 0 radical (unpaired) electrons. The first kappa shape index (κ1) is 15.7. The van der Waals surface area contributed by atoms with Gasteiger partial charge in [0.15, 0.2) is 0 Å². The standard InChI is InChI=1S/C17H23N3S/c1-17(2,3)15-7-5-14(6-8-15)16(21)19-9-4-11-20-12-10-18-13-20/h5-8,10,12-13H,4,9,11H2,1-3H3,(H,19,21). The number of benzene rings is 1. The van der Waals surface area contributed by atoms with E-state index in [9.17, 15) is 0 Å². The zero-order chi connectivity index (χ0) is 15.3. The van der Waals surface area contributed by atoms with Crippen LogP contribution in [-0.4, -0.2) is 21.1 Å². The van der Waals surface area contributed by atoms with Crippen LogP contribution in [0.15, 0.2) is 43.0 Å². The van der Waals surface area contributed by atoms with Crippen molar-refractivity contribution in [3.05, 3.63) is 54.1 Å². The van der Waals surface area contributed by atoms with Gasteiger partial charge in [0.25, 0.3) is 0 Å². The Morgan fingerprint density at radius 2 is 1.95 bits per heavy atom. The maximum Gasteiger partial charge on any atom is 0.106 e. The van der Waals surface area contributed by atoms with E-state index in [-0.39, 0.29) is 5.41 Å². The topological polar surface area (TPSA) is 29.9 Å². The van der Waals surface area contributed by atoms with E-state index in [1.54, 1.807) is 6.20 Å². The Bertz CT molecular complexity index is 565. The van der Waals surface area contributed by atoms with Crippen LogP contribution < -0.4 is 5.32 Å². The first-order chi connectivity index (χ1) is 9.97. The summed E-state index contributed by atoms with van der Waals surface area (Å²) in [5.41, 5.74) is 2.59. The van der Waals surface area contributed by atoms with E-state index in [0.717, 1.165) is 30.1 Å². The van der Waals surface area contributed by atoms with Gasteiger partial charge in [0.1, 0.15) is 4.99 Å². The van der Waals surface area contributed by atoms with Gasteiger partial charge in [0.2, 0.25) is 0 Å². The SMILES string of the molecule is CC(C)(C)c1ccc(C(=S)NCCCn2ccnc2)cc1. The number of nitrogens with zero attached hydrogens (tertiary/aromatic N) is 2. The van der Waals surface area contributed by atoms with E-state index in [1.807, 2.05) is 12.5 Å². The first-order valence-corrected chi connectivity index (χ1v) is 7.72. The summed E-state index contributed by atoms with van der Waals surface area (Å²) in [6.07, 6.45) is 6.64. The Kier molecular flexibility index (Phi) is 5.12. The van der Waals surface area contributed by atoms with Crippen LogP contribution in [-0.2, 0) is 12.0 Å². The molecule has 1 N–H and O–H groups in total. The lowest BCUT2D eigenvalue weighted by Crippen LogP contribution is -2.24. The predicted molar refractivity (Wildman–Crippen MR) is 91.7 cm³/mol. The summed E-state index contributed by atoms with van der Waals surface area (Å²) in [6.45, 7) is 8.48. The molecule has 3 nitrogen and oxygen atoms in total. The highest BCUT2D eigenvalue weighted by Gasteiger charge is 2.13. The molecule has 0 aliphatic rings. The van der Waals surface area contributed by atoms with Crippen LogP contribution in [0.1, 0.15) is 38.3 Å². The zero-order valence-electron chi connectivity index (χ0n) is 13.0. The molecular formula is C17H23N3S. The average Bonchev–Trinajstić information content (AvgIpc) is 2.96. The minimum atomic E-state index is 0.179. The number of nitrogens with one attached hydrogen (secondary N) is 1. The summed E-state index contributed by atoms with van der Waals surface area (Å²) < 4.78 is 2.07. The molecule has 112 valence electrons. The Hall–Kier alpha value is -1.68. The highest BCUT2D eigenvalue weighted by atomic mass is 32.1. The Labute approximate surface area is 132 Å². The van der Waals surface area contributed by atoms with Crippen LogP contribution in [0.2, 0.25) is 0 Å². The van der Waals surface area contributed by atoms with Crippen LogP contribution in [0.3, 0.4) is 0 Å². The predicted octanol–water partition coefficient (Wildman–Crippen LogP) is 3.54. The van der Waals surface area contributed by atoms with E-state index in [4.69, 9.17) is 12.2 Å². The number of hydrogen-bond acceptors (Lipinski definition) is 2. The van der Waals surface area contributed by atoms with Crippen molar-refractivity contribution in [2.45, 2.75) is 39.2 Å². The largest absolute Gasteiger partial charge is 0.376 e. The van der Waals surface area contributed by atoms with E-state index in [2.05, 4.69) is 59.9 Å². The first-order valence-electron chi connectivity index (χ1n) is 7.31. The highest BCUT2D eigenvalue weighted by Crippen LogP contribution is 2.22. The fraction of sp³-hybridized carbons (Fsp3) is 0.412. The van der Waals surface area contributed by atoms with Crippen molar-refractivity contribution in [2.75, 3.05) is 6.54 Å². The summed E-state index contributed by atoms with van der Waals surface area (Å²) in [7, 11) is 0. The minimum Gasteiger partial charge on any atom is -0.376 e. The number of imidazole rings is 1. The number of aromatic nitrogens is 2. The van der Waals surface area contributed by atoms with Gasteiger partial charge >= 0.3 is 0 Å². The van der Waals surface area contributed by atoms with E-state index in [1.165, 1.54) is 5.56 Å². The van der Waals surface area contributed by atoms with Gasteiger partial charge in [-0.25, -0.2) is 4.98 Å². The molecule has 0 spiro atoms. The molecule has 0 amide bonds. The van der Waals surface area contributed by atoms with Crippen LogP contribution in [0.25, 0.3) is 0 Å². The fourth-order valence-corrected chi connectivity index (χ4v) is 2.34. The summed E-state index contributed by atoms with van der Waals surface area (Å²) in [4.78, 5) is 4.85. The lowest BCUT2D eigenvalue weighted by atomic mass is 9.87. The van der Waals surface area contributed by atoms with Crippen LogP contribution >= 0.6 is 12.2 Å². The molecule has 1 heterocycles. The molecule has 0 aliphatic heterocycles. The van der Waals surface area contributed by atoms with Gasteiger partial charge in [-0.3, -0.25) is 0 Å². The third kappa shape index (κ3) is 4.67. The van der Waals surface area contributed by atoms with Crippen molar-refractivity contribution in [3.63, 3.8) is 0 Å². The second-order valence-corrected chi connectivity index (χ2v) is 6.65. The maximum atomic E-state index is 5.44. The van der Waals surface area contributed by atoms with E-state index < -0.39 is 0 Å². The average molecular weight is 301 g/mol. The van der Waals surface area contributed by atoms with Crippen LogP contribution in [0.5, 0.6) is 0 Å². The van der Waals surface area contributed by atoms with Crippen molar-refractivity contribution >= 4 is 17.2 Å². The summed E-state index contributed by atoms with van der Waals surface area (Å²) in [5, 5.41) is 3.32. The number of rotatable bonds is 5. The van der Waals surface area contributed by atoms with Gasteiger partial charge in [-0.1, -0.05) is 57.3 Å². The molecule has 1 aromatic carbocycles. The van der Waals surface area contributed by atoms with E-state index in [0.29, 0.717) is 0 Å². The quantitative estimate of drug-likeness (QED) is 0.677. The van der Waals surface area contributed by atoms with Gasteiger partial charge in [0.05, 0.1) is 6.33 Å². The molecule has 0 atom stereocenters. The van der Waals surface area contributed by atoms with Crippen LogP contribution in [0.4, 0.5) is 0 Å². The molecule has 0 aliphatic carbocycles. The number of aryl methyl sites for hydroxylation is 1. The van der Waals surface area contributed by atoms with Crippen molar-refractivity contribution in [2.24, 2.45) is 0 Å². The Balaban J connectivity index is 1.80. The molecule has 2 aromatic rings. The molecule has 1 aromatic heterocycles. The normalized spacial score (nSPS) is 11.4. The molecule has 0 saturated heterocycles. The van der Waals surface area contributed by atoms with Gasteiger partial charge in [0, 0.05) is 31.0 Å². The third-order valence-electron chi connectivity index (χ3n) is 3.45. The van der Waals surface area contributed by atoms with Crippen LogP contribution in [0, 0.1) is 0 Å². The molecule has 0 unspecified atom stereocenters. The van der Waals surface area contributed by atoms with Crippen molar-refractivity contribution < 1.29 is 0 Å². The Morgan fingerprint density at radius 1 is 1.24 bits per heavy atom. The molecule has 0 bridgehead atoms. The fourth-order valence-electron chi connectivity index (χ4n) is 2.11. The van der Waals surface area contributed by atoms with Crippen molar-refractivity contribution in [1.29, 1.82) is 0 Å². The summed E-state index contributed by atoms with van der Waals surface area (Å²) in [5.74, 6) is 0. The monoisotopic (exact) mass is 301 g/mol. The second kappa shape index (κ2) is 6.85. The van der Waals surface area contributed by atoms with Gasteiger partial charge in [-0.05, 0) is 17.4 Å². The van der Waals surface area contributed by atoms with Gasteiger partial charge in [-0.2, -0.15) is 0 Å².